The number of carbonyl (C=O) groups excluding carboxylic acids is 1. The summed E-state index contributed by atoms with van der Waals surface area (Å²) >= 11 is 0. The molecule has 2 heterocycles. The smallest absolute Gasteiger partial charge is 0.225 e. The second kappa shape index (κ2) is 13.8. The molecule has 0 N–H and O–H groups in total. The van der Waals surface area contributed by atoms with Crippen LogP contribution in [0, 0.1) is 17.3 Å². The van der Waals surface area contributed by atoms with Crippen LogP contribution in [0.5, 0.6) is 0 Å². The number of hydrogen-bond donors (Lipinski definition) is 0. The van der Waals surface area contributed by atoms with Crippen molar-refractivity contribution in [3.05, 3.63) is 0 Å². The topological polar surface area (TPSA) is 23.6 Å². The quantitative estimate of drug-likeness (QED) is 0.287. The molecule has 176 valence electrons. The Labute approximate surface area is 188 Å². The number of amides is 1. The number of nitrogens with zero attached hydrogens (tertiary/aromatic N) is 2. The van der Waals surface area contributed by atoms with Crippen LogP contribution in [0.2, 0.25) is 0 Å². The van der Waals surface area contributed by atoms with Crippen LogP contribution in [0.25, 0.3) is 0 Å². The van der Waals surface area contributed by atoms with Gasteiger partial charge in [-0.05, 0) is 49.9 Å². The van der Waals surface area contributed by atoms with Crippen molar-refractivity contribution in [2.24, 2.45) is 17.3 Å². The van der Waals surface area contributed by atoms with E-state index in [1.54, 1.807) is 0 Å². The summed E-state index contributed by atoms with van der Waals surface area (Å²) in [7, 11) is 0. The Kier molecular flexibility index (Phi) is 11.8. The normalized spacial score (nSPS) is 19.1. The number of unbranched alkanes of at least 4 members (excludes halogenated alkanes) is 4. The highest BCUT2D eigenvalue weighted by molar-refractivity contribution is 5.79. The molecule has 0 saturated carbocycles. The van der Waals surface area contributed by atoms with Crippen LogP contribution >= 0.6 is 0 Å². The lowest BCUT2D eigenvalue weighted by atomic mass is 9.71. The Morgan fingerprint density at radius 3 is 1.70 bits per heavy atom. The number of piperidine rings is 1. The largest absolute Gasteiger partial charge is 0.342 e. The van der Waals surface area contributed by atoms with Gasteiger partial charge in [0, 0.05) is 38.6 Å². The van der Waals surface area contributed by atoms with Gasteiger partial charge in [0.25, 0.3) is 0 Å². The Hall–Kier alpha value is -0.570. The average Bonchev–Trinajstić information content (AvgIpc) is 2.74. The van der Waals surface area contributed by atoms with Crippen LogP contribution in [0.3, 0.4) is 0 Å². The molecule has 0 aliphatic carbocycles. The Morgan fingerprint density at radius 1 is 0.767 bits per heavy atom. The summed E-state index contributed by atoms with van der Waals surface area (Å²) in [4.78, 5) is 18.1. The minimum Gasteiger partial charge on any atom is -0.342 e. The van der Waals surface area contributed by atoms with E-state index in [-0.39, 0.29) is 5.92 Å². The zero-order valence-corrected chi connectivity index (χ0v) is 20.9. The summed E-state index contributed by atoms with van der Waals surface area (Å²) in [6.07, 6.45) is 17.7. The zero-order chi connectivity index (χ0) is 21.8. The summed E-state index contributed by atoms with van der Waals surface area (Å²) < 4.78 is 0. The van der Waals surface area contributed by atoms with Crippen molar-refractivity contribution in [2.45, 2.75) is 118 Å². The summed E-state index contributed by atoms with van der Waals surface area (Å²) in [5.41, 5.74) is 0.527. The van der Waals surface area contributed by atoms with Gasteiger partial charge >= 0.3 is 0 Å². The molecular weight excluding hydrogens is 368 g/mol. The molecule has 0 atom stereocenters. The first-order valence-electron chi connectivity index (χ1n) is 13.6. The maximum absolute atomic E-state index is 13.2. The van der Waals surface area contributed by atoms with Crippen LogP contribution in [0.15, 0.2) is 0 Å². The van der Waals surface area contributed by atoms with Crippen LogP contribution in [-0.2, 0) is 4.79 Å². The third-order valence-corrected chi connectivity index (χ3v) is 7.86. The summed E-state index contributed by atoms with van der Waals surface area (Å²) in [5.74, 6) is 1.67. The number of carbonyl (C=O) groups is 1. The maximum atomic E-state index is 13.2. The van der Waals surface area contributed by atoms with Gasteiger partial charge in [-0.3, -0.25) is 4.79 Å². The van der Waals surface area contributed by atoms with Gasteiger partial charge in [-0.25, -0.2) is 0 Å². The van der Waals surface area contributed by atoms with Gasteiger partial charge in [0.05, 0.1) is 0 Å². The van der Waals surface area contributed by atoms with Crippen molar-refractivity contribution in [3.63, 3.8) is 0 Å². The molecule has 0 aromatic heterocycles. The molecule has 3 nitrogen and oxygen atoms in total. The van der Waals surface area contributed by atoms with Crippen molar-refractivity contribution in [1.29, 1.82) is 0 Å². The second-order valence-electron chi connectivity index (χ2n) is 10.6. The van der Waals surface area contributed by atoms with Gasteiger partial charge in [0.2, 0.25) is 5.91 Å². The number of rotatable bonds is 15. The summed E-state index contributed by atoms with van der Waals surface area (Å²) in [6, 6.07) is 0. The van der Waals surface area contributed by atoms with Gasteiger partial charge in [0.15, 0.2) is 0 Å². The van der Waals surface area contributed by atoms with Gasteiger partial charge in [-0.15, -0.1) is 0 Å². The van der Waals surface area contributed by atoms with Gasteiger partial charge in [-0.2, -0.15) is 0 Å². The fourth-order valence-corrected chi connectivity index (χ4v) is 5.78. The Morgan fingerprint density at radius 2 is 1.23 bits per heavy atom. The molecule has 0 radical (unpaired) electrons. The zero-order valence-electron chi connectivity index (χ0n) is 20.9. The lowest BCUT2D eigenvalue weighted by Gasteiger charge is -2.55. The molecule has 0 unspecified atom stereocenters. The molecule has 0 aromatic rings. The van der Waals surface area contributed by atoms with E-state index in [1.807, 2.05) is 0 Å². The van der Waals surface area contributed by atoms with Crippen LogP contribution < -0.4 is 0 Å². The predicted octanol–water partition coefficient (Wildman–Crippen LogP) is 6.90. The van der Waals surface area contributed by atoms with Crippen LogP contribution in [0.1, 0.15) is 118 Å². The van der Waals surface area contributed by atoms with Crippen molar-refractivity contribution in [2.75, 3.05) is 32.7 Å². The fourth-order valence-electron chi connectivity index (χ4n) is 5.78. The first kappa shape index (κ1) is 25.7. The number of likely N-dealkylation sites (tertiary alicyclic amines) is 2. The van der Waals surface area contributed by atoms with E-state index in [0.717, 1.165) is 31.8 Å². The van der Waals surface area contributed by atoms with Crippen molar-refractivity contribution in [3.8, 4) is 0 Å². The molecule has 2 rings (SSSR count). The average molecular weight is 421 g/mol. The van der Waals surface area contributed by atoms with Crippen molar-refractivity contribution in [1.82, 2.24) is 9.80 Å². The molecule has 2 aliphatic rings. The Balaban J connectivity index is 1.76. The van der Waals surface area contributed by atoms with Crippen molar-refractivity contribution < 1.29 is 4.79 Å². The molecule has 2 aliphatic heterocycles. The monoisotopic (exact) mass is 420 g/mol. The highest BCUT2D eigenvalue weighted by atomic mass is 16.2. The first-order valence-corrected chi connectivity index (χ1v) is 13.6. The maximum Gasteiger partial charge on any atom is 0.225 e. The van der Waals surface area contributed by atoms with E-state index >= 15 is 0 Å². The highest BCUT2D eigenvalue weighted by Gasteiger charge is 2.45. The summed E-state index contributed by atoms with van der Waals surface area (Å²) in [5, 5.41) is 0. The molecule has 2 fully saturated rings. The lowest BCUT2D eigenvalue weighted by Crippen LogP contribution is -2.61. The molecular formula is C27H52N2O. The van der Waals surface area contributed by atoms with E-state index in [1.165, 1.54) is 96.7 Å². The molecule has 1 amide bonds. The van der Waals surface area contributed by atoms with E-state index in [9.17, 15) is 4.79 Å². The molecule has 30 heavy (non-hydrogen) atoms. The van der Waals surface area contributed by atoms with Crippen LogP contribution in [-0.4, -0.2) is 48.4 Å². The Bertz CT molecular complexity index is 445. The highest BCUT2D eigenvalue weighted by Crippen LogP contribution is 2.41. The molecule has 0 bridgehead atoms. The summed E-state index contributed by atoms with van der Waals surface area (Å²) in [6.45, 7) is 15.0. The van der Waals surface area contributed by atoms with Gasteiger partial charge in [-0.1, -0.05) is 79.1 Å². The fraction of sp³-hybridized carbons (Fsp3) is 0.963. The van der Waals surface area contributed by atoms with Gasteiger partial charge < -0.3 is 9.80 Å². The molecule has 2 saturated heterocycles. The van der Waals surface area contributed by atoms with Crippen molar-refractivity contribution >= 4 is 5.91 Å². The third-order valence-electron chi connectivity index (χ3n) is 7.86. The minimum absolute atomic E-state index is 0.287. The second-order valence-corrected chi connectivity index (χ2v) is 10.6. The minimum atomic E-state index is 0.287. The van der Waals surface area contributed by atoms with Gasteiger partial charge in [0.1, 0.15) is 0 Å². The molecule has 1 spiro atoms. The van der Waals surface area contributed by atoms with E-state index in [2.05, 4.69) is 37.5 Å². The first-order chi connectivity index (χ1) is 14.6. The molecule has 3 heteroatoms. The SMILES string of the molecule is CCCCC(CCCC)CN1CC2(CCN(C(=O)C(CCCC)CCCC)CC2)C1. The third kappa shape index (κ3) is 7.84. The molecule has 0 aromatic carbocycles. The number of hydrogen-bond acceptors (Lipinski definition) is 2. The predicted molar refractivity (Wildman–Crippen MR) is 130 cm³/mol. The standard InChI is InChI=1S/C27H52N2O/c1-5-9-13-24(14-10-6-2)21-28-22-27(23-28)17-19-29(20-18-27)26(30)25(15-11-7-3)16-12-8-4/h24-25H,5-23H2,1-4H3. The van der Waals surface area contributed by atoms with E-state index in [0.29, 0.717) is 11.3 Å². The van der Waals surface area contributed by atoms with Crippen LogP contribution in [0.4, 0.5) is 0 Å². The van der Waals surface area contributed by atoms with E-state index in [4.69, 9.17) is 0 Å². The van der Waals surface area contributed by atoms with E-state index < -0.39 is 0 Å². The lowest BCUT2D eigenvalue weighted by molar-refractivity contribution is -0.141.